The Balaban J connectivity index is 2.06. The number of aromatic amines is 1. The molecule has 1 fully saturated rings. The summed E-state index contributed by atoms with van der Waals surface area (Å²) < 4.78 is 5.08. The van der Waals surface area contributed by atoms with Gasteiger partial charge in [0.05, 0.1) is 6.61 Å². The van der Waals surface area contributed by atoms with Crippen LogP contribution in [0.2, 0.25) is 0 Å². The predicted molar refractivity (Wildman–Crippen MR) is 56.2 cm³/mol. The summed E-state index contributed by atoms with van der Waals surface area (Å²) >= 11 is 0. The number of nitrogens with one attached hydrogen (secondary N) is 2. The Morgan fingerprint density at radius 2 is 2.18 bits per heavy atom. The van der Waals surface area contributed by atoms with E-state index in [9.17, 15) is 20.1 Å². The molecule has 0 aromatic carbocycles. The van der Waals surface area contributed by atoms with Crippen LogP contribution >= 0.6 is 0 Å². The molecule has 0 radical (unpaired) electrons. The summed E-state index contributed by atoms with van der Waals surface area (Å²) in [6.45, 7) is -0.118. The molecule has 0 amide bonds. The molecule has 1 aliphatic rings. The van der Waals surface area contributed by atoms with Crippen LogP contribution in [0.4, 0.5) is 5.95 Å². The summed E-state index contributed by atoms with van der Waals surface area (Å²) in [5.41, 5.74) is -0.353. The van der Waals surface area contributed by atoms with Gasteiger partial charge in [-0.25, -0.2) is 4.98 Å². The molecule has 2 heterocycles. The Bertz CT molecular complexity index is 437. The van der Waals surface area contributed by atoms with Gasteiger partial charge in [0.25, 0.3) is 5.56 Å². The Morgan fingerprint density at radius 1 is 1.41 bits per heavy atom. The number of nitrogens with zero attached hydrogens (tertiary/aromatic N) is 1. The maximum Gasteiger partial charge on any atom is 0.252 e. The fraction of sp³-hybridized carbons (Fsp3) is 0.556. The van der Waals surface area contributed by atoms with Gasteiger partial charge >= 0.3 is 0 Å². The molecule has 94 valence electrons. The molecule has 4 atom stereocenters. The molecule has 0 saturated carbocycles. The third-order valence-electron chi connectivity index (χ3n) is 2.45. The van der Waals surface area contributed by atoms with Gasteiger partial charge in [-0.15, -0.1) is 0 Å². The summed E-state index contributed by atoms with van der Waals surface area (Å²) in [6.07, 6.45) is -3.41. The molecule has 4 unspecified atom stereocenters. The summed E-state index contributed by atoms with van der Waals surface area (Å²) in [6, 6.07) is 1.24. The van der Waals surface area contributed by atoms with Crippen LogP contribution in [0.15, 0.2) is 17.1 Å². The van der Waals surface area contributed by atoms with Crippen LogP contribution in [-0.4, -0.2) is 56.4 Å². The first-order valence-electron chi connectivity index (χ1n) is 5.05. The van der Waals surface area contributed by atoms with E-state index in [1.54, 1.807) is 0 Å². The molecule has 0 bridgehead atoms. The Hall–Kier alpha value is -1.48. The molecule has 2 rings (SSSR count). The molecule has 1 aliphatic heterocycles. The molecule has 1 aromatic heterocycles. The monoisotopic (exact) mass is 243 g/mol. The van der Waals surface area contributed by atoms with Crippen molar-refractivity contribution in [3.05, 3.63) is 22.6 Å². The van der Waals surface area contributed by atoms with Crippen LogP contribution < -0.4 is 10.9 Å². The van der Waals surface area contributed by atoms with Gasteiger partial charge in [-0.05, 0) is 0 Å². The van der Waals surface area contributed by atoms with E-state index in [0.717, 1.165) is 0 Å². The average molecular weight is 243 g/mol. The van der Waals surface area contributed by atoms with E-state index in [1.807, 2.05) is 0 Å². The Labute approximate surface area is 95.9 Å². The van der Waals surface area contributed by atoms with Crippen molar-refractivity contribution in [1.82, 2.24) is 9.97 Å². The highest BCUT2D eigenvalue weighted by atomic mass is 16.5. The minimum Gasteiger partial charge on any atom is -0.388 e. The Kier molecular flexibility index (Phi) is 3.38. The van der Waals surface area contributed by atoms with Gasteiger partial charge in [-0.2, -0.15) is 0 Å². The maximum absolute atomic E-state index is 11.0. The van der Waals surface area contributed by atoms with Crippen molar-refractivity contribution in [1.29, 1.82) is 0 Å². The van der Waals surface area contributed by atoms with Crippen molar-refractivity contribution in [2.75, 3.05) is 11.9 Å². The van der Waals surface area contributed by atoms with E-state index in [1.165, 1.54) is 12.3 Å². The van der Waals surface area contributed by atoms with Crippen LogP contribution in [0.5, 0.6) is 0 Å². The highest BCUT2D eigenvalue weighted by molar-refractivity contribution is 5.24. The van der Waals surface area contributed by atoms with E-state index in [2.05, 4.69) is 15.3 Å². The van der Waals surface area contributed by atoms with Gasteiger partial charge in [0.1, 0.15) is 18.3 Å². The number of ether oxygens (including phenoxy) is 1. The standard InChI is InChI=1S/C9H13N3O5/c13-4-3-17-8(7(16)6(4)15)12-9-10-2-1-5(14)11-9/h1-2,4,6-8,13,15-16H,3H2,(H2,10,11,12,14). The lowest BCUT2D eigenvalue weighted by molar-refractivity contribution is -0.178. The van der Waals surface area contributed by atoms with Crippen molar-refractivity contribution < 1.29 is 20.1 Å². The quantitative estimate of drug-likeness (QED) is 0.392. The number of H-pyrrole nitrogens is 1. The second-order valence-corrected chi connectivity index (χ2v) is 3.73. The summed E-state index contributed by atoms with van der Waals surface area (Å²) in [7, 11) is 0. The van der Waals surface area contributed by atoms with Gasteiger partial charge in [-0.1, -0.05) is 0 Å². The summed E-state index contributed by atoms with van der Waals surface area (Å²) in [4.78, 5) is 17.2. The highest BCUT2D eigenvalue weighted by Crippen LogP contribution is 2.16. The molecule has 5 N–H and O–H groups in total. The first-order valence-corrected chi connectivity index (χ1v) is 5.05. The van der Waals surface area contributed by atoms with E-state index >= 15 is 0 Å². The largest absolute Gasteiger partial charge is 0.388 e. The summed E-state index contributed by atoms with van der Waals surface area (Å²) in [5, 5.41) is 30.9. The number of hydrogen-bond donors (Lipinski definition) is 5. The number of anilines is 1. The molecule has 1 saturated heterocycles. The van der Waals surface area contributed by atoms with Crippen LogP contribution in [0, 0.1) is 0 Å². The lowest BCUT2D eigenvalue weighted by Crippen LogP contribution is -2.55. The first-order chi connectivity index (χ1) is 8.08. The van der Waals surface area contributed by atoms with Crippen molar-refractivity contribution in [2.45, 2.75) is 24.5 Å². The molecule has 1 aromatic rings. The third kappa shape index (κ3) is 2.61. The van der Waals surface area contributed by atoms with Gasteiger partial charge in [0.15, 0.2) is 6.23 Å². The van der Waals surface area contributed by atoms with Crippen LogP contribution in [0.1, 0.15) is 0 Å². The molecular weight excluding hydrogens is 230 g/mol. The predicted octanol–water partition coefficient (Wildman–Crippen LogP) is -2.38. The van der Waals surface area contributed by atoms with Gasteiger partial charge in [0, 0.05) is 12.3 Å². The fourth-order valence-corrected chi connectivity index (χ4v) is 1.51. The summed E-state index contributed by atoms with van der Waals surface area (Å²) in [5.74, 6) is 0.116. The lowest BCUT2D eigenvalue weighted by Gasteiger charge is -2.35. The van der Waals surface area contributed by atoms with Crippen molar-refractivity contribution >= 4 is 5.95 Å². The van der Waals surface area contributed by atoms with Gasteiger partial charge in [-0.3, -0.25) is 9.78 Å². The SMILES string of the molecule is O=c1ccnc(NC2OCC(O)C(O)C2O)[nH]1. The Morgan fingerprint density at radius 3 is 2.88 bits per heavy atom. The average Bonchev–Trinajstić information content (AvgIpc) is 2.30. The normalized spacial score (nSPS) is 33.4. The first kappa shape index (κ1) is 12.0. The minimum atomic E-state index is -1.32. The van der Waals surface area contributed by atoms with Gasteiger partial charge < -0.3 is 25.4 Å². The smallest absolute Gasteiger partial charge is 0.252 e. The number of aliphatic hydroxyl groups is 3. The van der Waals surface area contributed by atoms with E-state index in [4.69, 9.17) is 4.74 Å². The lowest BCUT2D eigenvalue weighted by atomic mass is 10.0. The second-order valence-electron chi connectivity index (χ2n) is 3.73. The van der Waals surface area contributed by atoms with Crippen molar-refractivity contribution in [3.8, 4) is 0 Å². The molecule has 17 heavy (non-hydrogen) atoms. The van der Waals surface area contributed by atoms with Crippen molar-refractivity contribution in [3.63, 3.8) is 0 Å². The third-order valence-corrected chi connectivity index (χ3v) is 2.45. The topological polar surface area (TPSA) is 128 Å². The van der Waals surface area contributed by atoms with E-state index in [0.29, 0.717) is 0 Å². The number of aromatic nitrogens is 2. The zero-order valence-electron chi connectivity index (χ0n) is 8.78. The molecule has 8 heteroatoms. The minimum absolute atomic E-state index is 0.116. The highest BCUT2D eigenvalue weighted by Gasteiger charge is 2.37. The van der Waals surface area contributed by atoms with Crippen LogP contribution in [-0.2, 0) is 4.74 Å². The van der Waals surface area contributed by atoms with E-state index < -0.39 is 24.5 Å². The molecular formula is C9H13N3O5. The van der Waals surface area contributed by atoms with Crippen molar-refractivity contribution in [2.24, 2.45) is 0 Å². The van der Waals surface area contributed by atoms with Gasteiger partial charge in [0.2, 0.25) is 5.95 Å². The second kappa shape index (κ2) is 4.80. The molecule has 8 nitrogen and oxygen atoms in total. The zero-order chi connectivity index (χ0) is 12.4. The zero-order valence-corrected chi connectivity index (χ0v) is 8.78. The fourth-order valence-electron chi connectivity index (χ4n) is 1.51. The number of rotatable bonds is 2. The number of hydrogen-bond acceptors (Lipinski definition) is 7. The molecule has 0 spiro atoms. The number of aliphatic hydroxyl groups excluding tert-OH is 3. The molecule has 0 aliphatic carbocycles. The van der Waals surface area contributed by atoms with E-state index in [-0.39, 0.29) is 18.1 Å². The van der Waals surface area contributed by atoms with Crippen LogP contribution in [0.3, 0.4) is 0 Å². The van der Waals surface area contributed by atoms with Crippen LogP contribution in [0.25, 0.3) is 0 Å². The maximum atomic E-state index is 11.0.